The summed E-state index contributed by atoms with van der Waals surface area (Å²) in [5, 5.41) is 10.9. The van der Waals surface area contributed by atoms with E-state index in [9.17, 15) is 19.3 Å². The molecule has 0 N–H and O–H groups in total. The van der Waals surface area contributed by atoms with Crippen molar-refractivity contribution in [3.63, 3.8) is 0 Å². The summed E-state index contributed by atoms with van der Waals surface area (Å²) >= 11 is 0. The molecule has 1 amide bonds. The molecule has 1 heterocycles. The topological polar surface area (TPSA) is 85.2 Å². The molecule has 2 aromatic rings. The van der Waals surface area contributed by atoms with Gasteiger partial charge in [0.2, 0.25) is 0 Å². The molecule has 166 valence electrons. The van der Waals surface area contributed by atoms with E-state index < -0.39 is 4.92 Å². The van der Waals surface area contributed by atoms with Crippen molar-refractivity contribution >= 4 is 11.6 Å². The van der Waals surface area contributed by atoms with Gasteiger partial charge in [-0.1, -0.05) is 12.1 Å². The highest BCUT2D eigenvalue weighted by Gasteiger charge is 2.32. The van der Waals surface area contributed by atoms with Crippen LogP contribution in [0.1, 0.15) is 19.4 Å². The number of amides is 1. The van der Waals surface area contributed by atoms with Crippen LogP contribution in [0.2, 0.25) is 0 Å². The molecule has 0 bridgehead atoms. The highest BCUT2D eigenvalue weighted by atomic mass is 19.1. The van der Waals surface area contributed by atoms with E-state index in [4.69, 9.17) is 9.47 Å². The van der Waals surface area contributed by atoms with E-state index in [1.807, 2.05) is 6.92 Å². The molecule has 31 heavy (non-hydrogen) atoms. The average Bonchev–Trinajstić information content (AvgIpc) is 2.75. The van der Waals surface area contributed by atoms with Crippen molar-refractivity contribution in [1.82, 2.24) is 9.80 Å². The largest absolute Gasteiger partial charge is 0.493 e. The van der Waals surface area contributed by atoms with Crippen molar-refractivity contribution in [2.75, 3.05) is 26.8 Å². The zero-order valence-corrected chi connectivity index (χ0v) is 17.8. The number of ether oxygens (including phenoxy) is 2. The third kappa shape index (κ3) is 5.49. The second-order valence-electron chi connectivity index (χ2n) is 7.68. The number of nitrogens with zero attached hydrogens (tertiary/aromatic N) is 3. The highest BCUT2D eigenvalue weighted by Crippen LogP contribution is 2.31. The smallest absolute Gasteiger partial charge is 0.273 e. The van der Waals surface area contributed by atoms with Gasteiger partial charge < -0.3 is 14.4 Å². The van der Waals surface area contributed by atoms with Gasteiger partial charge in [0.1, 0.15) is 5.82 Å². The van der Waals surface area contributed by atoms with Crippen LogP contribution in [0.25, 0.3) is 0 Å². The molecule has 1 saturated heterocycles. The molecule has 1 aliphatic rings. The maximum Gasteiger partial charge on any atom is 0.273 e. The molecular weight excluding hydrogens is 405 g/mol. The van der Waals surface area contributed by atoms with Gasteiger partial charge >= 0.3 is 0 Å². The van der Waals surface area contributed by atoms with E-state index in [2.05, 4.69) is 11.8 Å². The Morgan fingerprint density at radius 2 is 1.84 bits per heavy atom. The number of benzene rings is 2. The van der Waals surface area contributed by atoms with Crippen LogP contribution in [0.4, 0.5) is 10.1 Å². The van der Waals surface area contributed by atoms with E-state index in [1.54, 1.807) is 17.0 Å². The predicted octanol–water partition coefficient (Wildman–Crippen LogP) is 3.24. The fraction of sp³-hybridized carbons (Fsp3) is 0.409. The molecule has 0 aliphatic carbocycles. The number of carbonyl (C=O) groups excluding carboxylic acids is 1. The van der Waals surface area contributed by atoms with Crippen LogP contribution >= 0.6 is 0 Å². The lowest BCUT2D eigenvalue weighted by molar-refractivity contribution is -0.384. The number of hydrogen-bond donors (Lipinski definition) is 0. The molecule has 0 saturated carbocycles. The zero-order valence-electron chi connectivity index (χ0n) is 17.8. The minimum Gasteiger partial charge on any atom is -0.493 e. The molecule has 9 heteroatoms. The lowest BCUT2D eigenvalue weighted by Gasteiger charge is -2.44. The van der Waals surface area contributed by atoms with Gasteiger partial charge in [-0.3, -0.25) is 19.8 Å². The number of halogens is 1. The van der Waals surface area contributed by atoms with Crippen LogP contribution in [0, 0.1) is 15.9 Å². The lowest BCUT2D eigenvalue weighted by Crippen LogP contribution is -2.58. The van der Waals surface area contributed by atoms with Crippen LogP contribution in [0.3, 0.4) is 0 Å². The number of non-ortho nitro benzene ring substituents is 1. The Labute approximate surface area is 180 Å². The third-order valence-corrected chi connectivity index (χ3v) is 5.44. The number of carbonyl (C=O) groups is 1. The van der Waals surface area contributed by atoms with Crippen molar-refractivity contribution in [3.8, 4) is 11.5 Å². The Morgan fingerprint density at radius 1 is 1.13 bits per heavy atom. The van der Waals surface area contributed by atoms with E-state index in [0.29, 0.717) is 19.6 Å². The molecule has 0 radical (unpaired) electrons. The third-order valence-electron chi connectivity index (χ3n) is 5.44. The summed E-state index contributed by atoms with van der Waals surface area (Å²) < 4.78 is 23.9. The van der Waals surface area contributed by atoms with E-state index in [1.165, 1.54) is 37.4 Å². The second kappa shape index (κ2) is 9.74. The Kier molecular flexibility index (Phi) is 7.06. The molecule has 1 fully saturated rings. The standard InChI is InChI=1S/C22H26FN3O5/c1-15-12-25(16(2)11-24(15)13-17-4-6-18(23)7-5-17)22(27)14-31-20-9-8-19(26(28)29)10-21(20)30-3/h4-10,15-16H,11-14H2,1-3H3. The molecule has 8 nitrogen and oxygen atoms in total. The van der Waals surface area contributed by atoms with Crippen molar-refractivity contribution in [3.05, 3.63) is 64.0 Å². The average molecular weight is 431 g/mol. The van der Waals surface area contributed by atoms with Gasteiger partial charge in [0, 0.05) is 37.8 Å². The Hall–Kier alpha value is -3.20. The summed E-state index contributed by atoms with van der Waals surface area (Å²) in [5.41, 5.74) is 0.907. The first kappa shape index (κ1) is 22.5. The number of rotatable bonds is 7. The monoisotopic (exact) mass is 431 g/mol. The molecule has 2 atom stereocenters. The summed E-state index contributed by atoms with van der Waals surface area (Å²) in [5.74, 6) is 0.0519. The Morgan fingerprint density at radius 3 is 2.48 bits per heavy atom. The molecular formula is C22H26FN3O5. The lowest BCUT2D eigenvalue weighted by atomic mass is 10.1. The summed E-state index contributed by atoms with van der Waals surface area (Å²) in [6, 6.07) is 10.5. The maximum atomic E-state index is 13.1. The summed E-state index contributed by atoms with van der Waals surface area (Å²) in [4.78, 5) is 27.2. The van der Waals surface area contributed by atoms with Crippen LogP contribution in [0.15, 0.2) is 42.5 Å². The van der Waals surface area contributed by atoms with Gasteiger partial charge in [-0.2, -0.15) is 0 Å². The van der Waals surface area contributed by atoms with Crippen LogP contribution < -0.4 is 9.47 Å². The normalized spacial score (nSPS) is 19.2. The first-order chi connectivity index (χ1) is 14.8. The van der Waals surface area contributed by atoms with Gasteiger partial charge in [0.05, 0.1) is 18.1 Å². The van der Waals surface area contributed by atoms with E-state index >= 15 is 0 Å². The van der Waals surface area contributed by atoms with Gasteiger partial charge in [0.15, 0.2) is 18.1 Å². The molecule has 3 rings (SSSR count). The van der Waals surface area contributed by atoms with E-state index in [-0.39, 0.29) is 47.6 Å². The second-order valence-corrected chi connectivity index (χ2v) is 7.68. The Balaban J connectivity index is 1.59. The SMILES string of the molecule is COc1cc([N+](=O)[O-])ccc1OCC(=O)N1CC(C)N(Cc2ccc(F)cc2)CC1C. The number of piperazine rings is 1. The van der Waals surface area contributed by atoms with Crippen molar-refractivity contribution in [2.24, 2.45) is 0 Å². The summed E-state index contributed by atoms with van der Waals surface area (Å²) in [7, 11) is 1.39. The number of methoxy groups -OCH3 is 1. The number of nitro benzene ring substituents is 1. The quantitative estimate of drug-likeness (QED) is 0.494. The fourth-order valence-electron chi connectivity index (χ4n) is 3.70. The predicted molar refractivity (Wildman–Crippen MR) is 113 cm³/mol. The van der Waals surface area contributed by atoms with Crippen molar-refractivity contribution in [2.45, 2.75) is 32.5 Å². The molecule has 1 aliphatic heterocycles. The van der Waals surface area contributed by atoms with Crippen LogP contribution in [-0.2, 0) is 11.3 Å². The van der Waals surface area contributed by atoms with Crippen molar-refractivity contribution < 1.29 is 23.6 Å². The minimum absolute atomic E-state index is 0.0218. The van der Waals surface area contributed by atoms with Crippen LogP contribution in [0.5, 0.6) is 11.5 Å². The molecule has 2 aromatic carbocycles. The number of hydrogen-bond acceptors (Lipinski definition) is 6. The van der Waals surface area contributed by atoms with Gasteiger partial charge in [-0.15, -0.1) is 0 Å². The molecule has 2 unspecified atom stereocenters. The molecule has 0 aromatic heterocycles. The van der Waals surface area contributed by atoms with Crippen molar-refractivity contribution in [1.29, 1.82) is 0 Å². The zero-order chi connectivity index (χ0) is 22.5. The maximum absolute atomic E-state index is 13.1. The van der Waals surface area contributed by atoms with Crippen LogP contribution in [-0.4, -0.2) is 59.5 Å². The first-order valence-electron chi connectivity index (χ1n) is 10.0. The molecule has 0 spiro atoms. The summed E-state index contributed by atoms with van der Waals surface area (Å²) in [6.45, 7) is 5.75. The van der Waals surface area contributed by atoms with Gasteiger partial charge in [0.25, 0.3) is 11.6 Å². The van der Waals surface area contributed by atoms with Gasteiger partial charge in [-0.25, -0.2) is 4.39 Å². The first-order valence-corrected chi connectivity index (χ1v) is 10.0. The van der Waals surface area contributed by atoms with E-state index in [0.717, 1.165) is 5.56 Å². The highest BCUT2D eigenvalue weighted by molar-refractivity contribution is 5.78. The summed E-state index contributed by atoms with van der Waals surface area (Å²) in [6.07, 6.45) is 0. The Bertz CT molecular complexity index is 937. The fourth-order valence-corrected chi connectivity index (χ4v) is 3.70. The number of nitro groups is 1. The van der Waals surface area contributed by atoms with Gasteiger partial charge in [-0.05, 0) is 37.6 Å². The minimum atomic E-state index is -0.522.